The van der Waals surface area contributed by atoms with E-state index in [1.165, 1.54) is 6.07 Å². The molecule has 1 aromatic heterocycles. The van der Waals surface area contributed by atoms with Crippen molar-refractivity contribution < 1.29 is 4.39 Å². The molecule has 0 aliphatic carbocycles. The summed E-state index contributed by atoms with van der Waals surface area (Å²) in [5.74, 6) is -0.287. The fourth-order valence-electron chi connectivity index (χ4n) is 2.16. The summed E-state index contributed by atoms with van der Waals surface area (Å²) in [6.45, 7) is 4.56. The highest BCUT2D eigenvalue weighted by Crippen LogP contribution is 2.26. The maximum absolute atomic E-state index is 13.7. The number of nitrogens with zero attached hydrogens (tertiary/aromatic N) is 2. The van der Waals surface area contributed by atoms with Gasteiger partial charge in [-0.2, -0.15) is 5.10 Å². The SMILES string of the molecule is CCn1nc(C)c(Cl)c1CC(N)c1ccccc1F. The van der Waals surface area contributed by atoms with E-state index in [9.17, 15) is 4.39 Å². The van der Waals surface area contributed by atoms with Gasteiger partial charge in [0.15, 0.2) is 0 Å². The van der Waals surface area contributed by atoms with Gasteiger partial charge < -0.3 is 5.73 Å². The molecule has 0 saturated carbocycles. The molecule has 19 heavy (non-hydrogen) atoms. The van der Waals surface area contributed by atoms with Crippen molar-refractivity contribution in [2.75, 3.05) is 0 Å². The minimum absolute atomic E-state index is 0.287. The Balaban J connectivity index is 2.29. The number of hydrogen-bond acceptors (Lipinski definition) is 2. The smallest absolute Gasteiger partial charge is 0.127 e. The third-order valence-electron chi connectivity index (χ3n) is 3.17. The highest BCUT2D eigenvalue weighted by atomic mass is 35.5. The standard InChI is InChI=1S/C14H17ClFN3/c1-3-19-13(14(15)9(2)18-19)8-12(17)10-6-4-5-7-11(10)16/h4-7,12H,3,8,17H2,1-2H3. The van der Waals surface area contributed by atoms with E-state index in [1.54, 1.807) is 18.2 Å². The summed E-state index contributed by atoms with van der Waals surface area (Å²) in [7, 11) is 0. The summed E-state index contributed by atoms with van der Waals surface area (Å²) in [6, 6.07) is 6.12. The first-order valence-electron chi connectivity index (χ1n) is 6.26. The minimum Gasteiger partial charge on any atom is -0.324 e. The van der Waals surface area contributed by atoms with Crippen LogP contribution in [0.25, 0.3) is 0 Å². The molecule has 0 aliphatic rings. The molecule has 1 atom stereocenters. The number of nitrogens with two attached hydrogens (primary N) is 1. The Bertz CT molecular complexity index is 580. The number of aromatic nitrogens is 2. The predicted molar refractivity (Wildman–Crippen MR) is 74.7 cm³/mol. The maximum atomic E-state index is 13.7. The lowest BCUT2D eigenvalue weighted by atomic mass is 10.0. The van der Waals surface area contributed by atoms with Crippen LogP contribution in [0.4, 0.5) is 4.39 Å². The number of hydrogen-bond donors (Lipinski definition) is 1. The van der Waals surface area contributed by atoms with Gasteiger partial charge in [0.2, 0.25) is 0 Å². The van der Waals surface area contributed by atoms with Gasteiger partial charge in [0.1, 0.15) is 5.82 Å². The van der Waals surface area contributed by atoms with Gasteiger partial charge in [-0.05, 0) is 19.9 Å². The maximum Gasteiger partial charge on any atom is 0.127 e. The second kappa shape index (κ2) is 5.72. The summed E-state index contributed by atoms with van der Waals surface area (Å²) < 4.78 is 15.5. The van der Waals surface area contributed by atoms with Crippen LogP contribution in [0.1, 0.15) is 29.9 Å². The molecule has 1 aromatic carbocycles. The fraction of sp³-hybridized carbons (Fsp3) is 0.357. The molecule has 0 radical (unpaired) electrons. The van der Waals surface area contributed by atoms with E-state index in [1.807, 2.05) is 18.5 Å². The molecule has 0 fully saturated rings. The predicted octanol–water partition coefficient (Wildman–Crippen LogP) is 3.25. The molecule has 0 aliphatic heterocycles. The highest BCUT2D eigenvalue weighted by Gasteiger charge is 2.18. The molecule has 102 valence electrons. The van der Waals surface area contributed by atoms with Gasteiger partial charge in [-0.3, -0.25) is 4.68 Å². The van der Waals surface area contributed by atoms with Crippen LogP contribution < -0.4 is 5.73 Å². The Morgan fingerprint density at radius 3 is 2.74 bits per heavy atom. The Morgan fingerprint density at radius 1 is 1.42 bits per heavy atom. The molecular weight excluding hydrogens is 265 g/mol. The van der Waals surface area contributed by atoms with Crippen LogP contribution in [-0.4, -0.2) is 9.78 Å². The van der Waals surface area contributed by atoms with Crippen LogP contribution in [0.5, 0.6) is 0 Å². The zero-order valence-electron chi connectivity index (χ0n) is 11.0. The third kappa shape index (κ3) is 2.80. The van der Waals surface area contributed by atoms with Gasteiger partial charge in [-0.15, -0.1) is 0 Å². The summed E-state index contributed by atoms with van der Waals surface area (Å²) >= 11 is 6.23. The molecule has 0 amide bonds. The molecule has 5 heteroatoms. The first kappa shape index (κ1) is 14.0. The molecule has 1 heterocycles. The fourth-order valence-corrected chi connectivity index (χ4v) is 2.37. The van der Waals surface area contributed by atoms with Crippen LogP contribution >= 0.6 is 11.6 Å². The Labute approximate surface area is 117 Å². The minimum atomic E-state index is -0.430. The van der Waals surface area contributed by atoms with Gasteiger partial charge in [0.25, 0.3) is 0 Å². The molecule has 0 bridgehead atoms. The van der Waals surface area contributed by atoms with E-state index in [0.29, 0.717) is 23.6 Å². The summed E-state index contributed by atoms with van der Waals surface area (Å²) in [5.41, 5.74) is 8.23. The first-order chi connectivity index (χ1) is 9.04. The average molecular weight is 282 g/mol. The lowest BCUT2D eigenvalue weighted by molar-refractivity contribution is 0.555. The Kier molecular flexibility index (Phi) is 4.22. The van der Waals surface area contributed by atoms with Crippen molar-refractivity contribution in [1.29, 1.82) is 0 Å². The van der Waals surface area contributed by atoms with Crippen LogP contribution in [0.2, 0.25) is 5.02 Å². The van der Waals surface area contributed by atoms with Gasteiger partial charge in [-0.1, -0.05) is 29.8 Å². The van der Waals surface area contributed by atoms with Crippen LogP contribution in [-0.2, 0) is 13.0 Å². The van der Waals surface area contributed by atoms with Gasteiger partial charge in [0.05, 0.1) is 16.4 Å². The molecule has 2 aromatic rings. The van der Waals surface area contributed by atoms with Crippen molar-refractivity contribution in [3.05, 3.63) is 52.1 Å². The third-order valence-corrected chi connectivity index (χ3v) is 3.66. The lowest BCUT2D eigenvalue weighted by Gasteiger charge is -2.14. The summed E-state index contributed by atoms with van der Waals surface area (Å²) in [6.07, 6.45) is 0.467. The van der Waals surface area contributed by atoms with Crippen LogP contribution in [0.15, 0.2) is 24.3 Å². The number of halogens is 2. The molecule has 2 N–H and O–H groups in total. The summed E-state index contributed by atoms with van der Waals surface area (Å²) in [5, 5.41) is 4.95. The van der Waals surface area contributed by atoms with Crippen molar-refractivity contribution in [1.82, 2.24) is 9.78 Å². The highest BCUT2D eigenvalue weighted by molar-refractivity contribution is 6.31. The molecule has 1 unspecified atom stereocenters. The van der Waals surface area contributed by atoms with Crippen molar-refractivity contribution in [3.8, 4) is 0 Å². The second-order valence-electron chi connectivity index (χ2n) is 4.49. The first-order valence-corrected chi connectivity index (χ1v) is 6.64. The topological polar surface area (TPSA) is 43.8 Å². The molecule has 0 spiro atoms. The molecule has 3 nitrogen and oxygen atoms in total. The number of aryl methyl sites for hydroxylation is 2. The monoisotopic (exact) mass is 281 g/mol. The van der Waals surface area contributed by atoms with Crippen molar-refractivity contribution >= 4 is 11.6 Å². The number of rotatable bonds is 4. The zero-order valence-corrected chi connectivity index (χ0v) is 11.8. The largest absolute Gasteiger partial charge is 0.324 e. The van der Waals surface area contributed by atoms with Crippen molar-refractivity contribution in [2.24, 2.45) is 5.73 Å². The quantitative estimate of drug-likeness (QED) is 0.935. The second-order valence-corrected chi connectivity index (χ2v) is 4.87. The van der Waals surface area contributed by atoms with Gasteiger partial charge >= 0.3 is 0 Å². The Morgan fingerprint density at radius 2 is 2.11 bits per heavy atom. The van der Waals surface area contributed by atoms with E-state index in [4.69, 9.17) is 17.3 Å². The summed E-state index contributed by atoms with van der Waals surface area (Å²) in [4.78, 5) is 0. The normalized spacial score (nSPS) is 12.7. The van der Waals surface area contributed by atoms with Crippen molar-refractivity contribution in [2.45, 2.75) is 32.9 Å². The molecule has 0 saturated heterocycles. The van der Waals surface area contributed by atoms with E-state index in [2.05, 4.69) is 5.10 Å². The van der Waals surface area contributed by atoms with Crippen molar-refractivity contribution in [3.63, 3.8) is 0 Å². The van der Waals surface area contributed by atoms with E-state index in [0.717, 1.165) is 11.4 Å². The number of benzene rings is 1. The van der Waals surface area contributed by atoms with E-state index in [-0.39, 0.29) is 5.82 Å². The zero-order chi connectivity index (χ0) is 14.0. The van der Waals surface area contributed by atoms with Crippen LogP contribution in [0.3, 0.4) is 0 Å². The van der Waals surface area contributed by atoms with E-state index >= 15 is 0 Å². The van der Waals surface area contributed by atoms with E-state index < -0.39 is 6.04 Å². The average Bonchev–Trinajstić information content (AvgIpc) is 2.67. The molecule has 2 rings (SSSR count). The van der Waals surface area contributed by atoms with Crippen LogP contribution in [0, 0.1) is 12.7 Å². The van der Waals surface area contributed by atoms with Gasteiger partial charge in [-0.25, -0.2) is 4.39 Å². The molecular formula is C14H17ClFN3. The lowest BCUT2D eigenvalue weighted by Crippen LogP contribution is -2.17. The van der Waals surface area contributed by atoms with Gasteiger partial charge in [0, 0.05) is 24.6 Å². The Hall–Kier alpha value is -1.39.